The SMILES string of the molecule is Cc1ccc(NC(=O)Nc2ccc3c(c2)C(=O)N(C)[C@H]2CC[C@@H](CC(=O)O)O[C@@H]2CO3)cc1. The molecule has 4 rings (SSSR count). The molecule has 3 N–H and O–H groups in total. The molecule has 3 atom stereocenters. The van der Waals surface area contributed by atoms with Crippen LogP contribution in [0.4, 0.5) is 16.2 Å². The second-order valence-electron chi connectivity index (χ2n) is 8.42. The van der Waals surface area contributed by atoms with Gasteiger partial charge in [0.15, 0.2) is 0 Å². The van der Waals surface area contributed by atoms with Crippen LogP contribution in [0.15, 0.2) is 42.5 Å². The van der Waals surface area contributed by atoms with Gasteiger partial charge in [0.25, 0.3) is 5.91 Å². The minimum atomic E-state index is -0.911. The summed E-state index contributed by atoms with van der Waals surface area (Å²) in [6.07, 6.45) is 0.299. The summed E-state index contributed by atoms with van der Waals surface area (Å²) in [6.45, 7) is 2.17. The number of benzene rings is 2. The average Bonchev–Trinajstić information content (AvgIpc) is 2.78. The van der Waals surface area contributed by atoms with E-state index in [9.17, 15) is 14.4 Å². The second kappa shape index (κ2) is 9.50. The quantitative estimate of drug-likeness (QED) is 0.652. The molecule has 33 heavy (non-hydrogen) atoms. The second-order valence-corrected chi connectivity index (χ2v) is 8.42. The molecule has 9 nitrogen and oxygen atoms in total. The number of nitrogens with zero attached hydrogens (tertiary/aromatic N) is 1. The standard InChI is InChI=1S/C24H27N3O6/c1-14-3-5-15(6-4-14)25-24(31)26-16-7-10-20-18(11-16)23(30)27(2)19-9-8-17(12-22(28)29)33-21(19)13-32-20/h3-7,10-11,17,19,21H,8-9,12-13H2,1-2H3,(H,28,29)(H2,25,26,31)/t17-,19-,21+/m0/s1. The Morgan fingerprint density at radius 3 is 2.52 bits per heavy atom. The zero-order valence-electron chi connectivity index (χ0n) is 18.5. The molecule has 2 aliphatic rings. The summed E-state index contributed by atoms with van der Waals surface area (Å²) in [6, 6.07) is 11.7. The van der Waals surface area contributed by atoms with Crippen LogP contribution in [-0.2, 0) is 9.53 Å². The van der Waals surface area contributed by atoms with Crippen molar-refractivity contribution in [2.45, 2.75) is 44.4 Å². The maximum Gasteiger partial charge on any atom is 0.323 e. The third-order valence-electron chi connectivity index (χ3n) is 5.98. The van der Waals surface area contributed by atoms with Gasteiger partial charge in [0.2, 0.25) is 0 Å². The number of anilines is 2. The largest absolute Gasteiger partial charge is 0.490 e. The van der Waals surface area contributed by atoms with E-state index in [1.54, 1.807) is 30.1 Å². The molecule has 2 aliphatic heterocycles. The van der Waals surface area contributed by atoms with Gasteiger partial charge in [-0.1, -0.05) is 17.7 Å². The summed E-state index contributed by atoms with van der Waals surface area (Å²) >= 11 is 0. The van der Waals surface area contributed by atoms with Crippen molar-refractivity contribution in [1.82, 2.24) is 4.90 Å². The molecule has 0 saturated carbocycles. The molecule has 2 aromatic carbocycles. The Hall–Kier alpha value is -3.59. The number of carbonyl (C=O) groups excluding carboxylic acids is 2. The van der Waals surface area contributed by atoms with Crippen LogP contribution in [0.2, 0.25) is 0 Å². The molecule has 9 heteroatoms. The Labute approximate surface area is 191 Å². The van der Waals surface area contributed by atoms with E-state index in [0.717, 1.165) is 5.56 Å². The van der Waals surface area contributed by atoms with E-state index >= 15 is 0 Å². The number of likely N-dealkylation sites (N-methyl/N-ethyl adjacent to an activating group) is 1. The number of aryl methyl sites for hydroxylation is 1. The number of amides is 3. The molecule has 0 aliphatic carbocycles. The van der Waals surface area contributed by atoms with Crippen molar-refractivity contribution >= 4 is 29.3 Å². The molecule has 0 aromatic heterocycles. The zero-order valence-corrected chi connectivity index (χ0v) is 18.5. The summed E-state index contributed by atoms with van der Waals surface area (Å²) in [5.74, 6) is -0.771. The number of carboxylic acid groups (broad SMARTS) is 1. The van der Waals surface area contributed by atoms with Crippen LogP contribution < -0.4 is 15.4 Å². The highest BCUT2D eigenvalue weighted by Gasteiger charge is 2.39. The molecular weight excluding hydrogens is 426 g/mol. The monoisotopic (exact) mass is 453 g/mol. The summed E-state index contributed by atoms with van der Waals surface area (Å²) < 4.78 is 11.8. The number of fused-ring (bicyclic) bond motifs is 2. The number of rotatable bonds is 4. The fourth-order valence-corrected chi connectivity index (χ4v) is 4.23. The normalized spacial score (nSPS) is 22.2. The van der Waals surface area contributed by atoms with E-state index in [1.807, 2.05) is 31.2 Å². The number of nitrogens with one attached hydrogen (secondary N) is 2. The minimum Gasteiger partial charge on any atom is -0.490 e. The summed E-state index contributed by atoms with van der Waals surface area (Å²) in [5, 5.41) is 14.6. The van der Waals surface area contributed by atoms with Crippen molar-refractivity contribution in [3.63, 3.8) is 0 Å². The Kier molecular flexibility index (Phi) is 6.50. The van der Waals surface area contributed by atoms with E-state index < -0.39 is 24.2 Å². The number of aliphatic carboxylic acids is 1. The van der Waals surface area contributed by atoms with Gasteiger partial charge in [0, 0.05) is 18.4 Å². The van der Waals surface area contributed by atoms with Crippen LogP contribution >= 0.6 is 0 Å². The van der Waals surface area contributed by atoms with Gasteiger partial charge >= 0.3 is 12.0 Å². The number of urea groups is 1. The summed E-state index contributed by atoms with van der Waals surface area (Å²) in [7, 11) is 1.71. The molecule has 0 radical (unpaired) electrons. The molecule has 0 spiro atoms. The third-order valence-corrected chi connectivity index (χ3v) is 5.98. The third kappa shape index (κ3) is 5.25. The first kappa shape index (κ1) is 22.6. The molecule has 2 aromatic rings. The molecule has 3 amide bonds. The Morgan fingerprint density at radius 2 is 1.79 bits per heavy atom. The molecule has 0 unspecified atom stereocenters. The fourth-order valence-electron chi connectivity index (χ4n) is 4.23. The van der Waals surface area contributed by atoms with Gasteiger partial charge in [-0.25, -0.2) is 4.79 Å². The molecule has 1 fully saturated rings. The van der Waals surface area contributed by atoms with Gasteiger partial charge in [-0.05, 0) is 50.1 Å². The number of ether oxygens (including phenoxy) is 2. The Morgan fingerprint density at radius 1 is 1.09 bits per heavy atom. The number of hydrogen-bond donors (Lipinski definition) is 3. The first-order valence-corrected chi connectivity index (χ1v) is 10.9. The summed E-state index contributed by atoms with van der Waals surface area (Å²) in [4.78, 5) is 38.3. The van der Waals surface area contributed by atoms with E-state index in [1.165, 1.54) is 0 Å². The van der Waals surface area contributed by atoms with Crippen LogP contribution in [0.3, 0.4) is 0 Å². The van der Waals surface area contributed by atoms with Crippen LogP contribution in [0, 0.1) is 6.92 Å². The topological polar surface area (TPSA) is 117 Å². The maximum atomic E-state index is 13.2. The van der Waals surface area contributed by atoms with Gasteiger partial charge in [0.05, 0.1) is 24.1 Å². The predicted octanol–water partition coefficient (Wildman–Crippen LogP) is 3.49. The number of carbonyl (C=O) groups is 3. The van der Waals surface area contributed by atoms with Gasteiger partial charge in [-0.2, -0.15) is 0 Å². The van der Waals surface area contributed by atoms with E-state index in [4.69, 9.17) is 14.6 Å². The maximum absolute atomic E-state index is 13.2. The smallest absolute Gasteiger partial charge is 0.323 e. The van der Waals surface area contributed by atoms with Crippen molar-refractivity contribution in [2.24, 2.45) is 0 Å². The van der Waals surface area contributed by atoms with Crippen LogP contribution in [0.1, 0.15) is 35.2 Å². The van der Waals surface area contributed by atoms with E-state index in [2.05, 4.69) is 10.6 Å². The van der Waals surface area contributed by atoms with E-state index in [0.29, 0.717) is 35.5 Å². The van der Waals surface area contributed by atoms with Gasteiger partial charge in [-0.15, -0.1) is 0 Å². The van der Waals surface area contributed by atoms with E-state index in [-0.39, 0.29) is 25.0 Å². The Balaban J connectivity index is 1.48. The lowest BCUT2D eigenvalue weighted by molar-refractivity contribution is -0.148. The summed E-state index contributed by atoms with van der Waals surface area (Å²) in [5.41, 5.74) is 2.56. The van der Waals surface area contributed by atoms with Gasteiger partial charge < -0.3 is 30.1 Å². The van der Waals surface area contributed by atoms with Gasteiger partial charge in [0.1, 0.15) is 18.5 Å². The number of hydrogen-bond acceptors (Lipinski definition) is 5. The fraction of sp³-hybridized carbons (Fsp3) is 0.375. The highest BCUT2D eigenvalue weighted by molar-refractivity contribution is 6.02. The lowest BCUT2D eigenvalue weighted by atomic mass is 9.94. The molecule has 2 heterocycles. The molecular formula is C24H27N3O6. The van der Waals surface area contributed by atoms with Gasteiger partial charge in [-0.3, -0.25) is 9.59 Å². The molecule has 174 valence electrons. The zero-order chi connectivity index (χ0) is 23.5. The molecule has 1 saturated heterocycles. The van der Waals surface area contributed by atoms with Crippen molar-refractivity contribution in [3.05, 3.63) is 53.6 Å². The van der Waals surface area contributed by atoms with Crippen LogP contribution in [0.25, 0.3) is 0 Å². The first-order valence-electron chi connectivity index (χ1n) is 10.9. The lowest BCUT2D eigenvalue weighted by Crippen LogP contribution is -2.53. The average molecular weight is 453 g/mol. The van der Waals surface area contributed by atoms with Crippen molar-refractivity contribution in [1.29, 1.82) is 0 Å². The highest BCUT2D eigenvalue weighted by Crippen LogP contribution is 2.32. The lowest BCUT2D eigenvalue weighted by Gasteiger charge is -2.42. The van der Waals surface area contributed by atoms with Crippen molar-refractivity contribution in [3.8, 4) is 5.75 Å². The number of carboxylic acids is 1. The minimum absolute atomic E-state index is 0.0723. The van der Waals surface area contributed by atoms with Crippen LogP contribution in [0.5, 0.6) is 5.75 Å². The predicted molar refractivity (Wildman–Crippen MR) is 122 cm³/mol. The van der Waals surface area contributed by atoms with Crippen molar-refractivity contribution < 1.29 is 29.0 Å². The molecule has 0 bridgehead atoms. The highest BCUT2D eigenvalue weighted by atomic mass is 16.5. The van der Waals surface area contributed by atoms with Crippen LogP contribution in [-0.4, -0.2) is 59.8 Å². The van der Waals surface area contributed by atoms with Crippen molar-refractivity contribution in [2.75, 3.05) is 24.3 Å². The first-order chi connectivity index (χ1) is 15.8. The Bertz CT molecular complexity index is 1050.